The van der Waals surface area contributed by atoms with E-state index in [9.17, 15) is 4.79 Å². The first-order valence-electron chi connectivity index (χ1n) is 6.30. The minimum absolute atomic E-state index is 0.186. The van der Waals surface area contributed by atoms with Crippen LogP contribution in [0.4, 0.5) is 0 Å². The Balaban J connectivity index is 2.65. The molecule has 1 rings (SSSR count). The van der Waals surface area contributed by atoms with E-state index in [0.717, 1.165) is 22.6 Å². The maximum absolute atomic E-state index is 11.2. The topological polar surface area (TPSA) is 61.5 Å². The number of nitrogens with two attached hydrogens (primary N) is 1. The molecule has 0 aliphatic heterocycles. The van der Waals surface area contributed by atoms with Crippen LogP contribution in [-0.2, 0) is 15.3 Å². The molecule has 0 atom stereocenters. The van der Waals surface area contributed by atoms with Crippen LogP contribution < -0.4 is 10.5 Å². The molecule has 1 aromatic carbocycles. The number of hydrogen-bond donors (Lipinski definition) is 1. The van der Waals surface area contributed by atoms with Crippen LogP contribution in [0, 0.1) is 11.8 Å². The van der Waals surface area contributed by atoms with E-state index in [4.69, 9.17) is 15.2 Å². The van der Waals surface area contributed by atoms with Crippen LogP contribution in [0.1, 0.15) is 18.1 Å². The Kier molecular flexibility index (Phi) is 7.63. The first-order chi connectivity index (χ1) is 9.71. The number of rotatable bonds is 6. The number of thioether (sulfide) groups is 1. The smallest absolute Gasteiger partial charge is 0.315 e. The Labute approximate surface area is 124 Å². The molecule has 4 nitrogen and oxygen atoms in total. The van der Waals surface area contributed by atoms with Crippen LogP contribution in [0.15, 0.2) is 18.2 Å². The highest BCUT2D eigenvalue weighted by atomic mass is 32.2. The number of benzene rings is 1. The van der Waals surface area contributed by atoms with Gasteiger partial charge in [0, 0.05) is 5.75 Å². The fraction of sp³-hybridized carbons (Fsp3) is 0.400. The lowest BCUT2D eigenvalue weighted by atomic mass is 10.1. The van der Waals surface area contributed by atoms with Crippen LogP contribution in [0.2, 0.25) is 0 Å². The number of methoxy groups -OCH3 is 1. The van der Waals surface area contributed by atoms with E-state index in [0.29, 0.717) is 18.9 Å². The van der Waals surface area contributed by atoms with Crippen molar-refractivity contribution in [2.24, 2.45) is 5.73 Å². The highest BCUT2D eigenvalue weighted by molar-refractivity contribution is 7.99. The Morgan fingerprint density at radius 3 is 2.90 bits per heavy atom. The summed E-state index contributed by atoms with van der Waals surface area (Å²) in [5.41, 5.74) is 7.27. The van der Waals surface area contributed by atoms with Crippen molar-refractivity contribution >= 4 is 17.7 Å². The summed E-state index contributed by atoms with van der Waals surface area (Å²) in [5, 5.41) is 0. The van der Waals surface area contributed by atoms with Crippen molar-refractivity contribution in [1.29, 1.82) is 0 Å². The number of carbonyl (C=O) groups excluding carboxylic acids is 1. The molecule has 0 aliphatic rings. The third-order valence-electron chi connectivity index (χ3n) is 2.38. The molecule has 0 amide bonds. The lowest BCUT2D eigenvalue weighted by molar-refractivity contribution is -0.139. The first-order valence-corrected chi connectivity index (χ1v) is 7.46. The minimum atomic E-state index is -0.186. The van der Waals surface area contributed by atoms with E-state index in [1.54, 1.807) is 14.0 Å². The van der Waals surface area contributed by atoms with Crippen LogP contribution in [0.25, 0.3) is 0 Å². The largest absolute Gasteiger partial charge is 0.495 e. The second-order valence-electron chi connectivity index (χ2n) is 3.84. The predicted molar refractivity (Wildman–Crippen MR) is 81.7 cm³/mol. The fourth-order valence-corrected chi connectivity index (χ4v) is 2.31. The van der Waals surface area contributed by atoms with Crippen molar-refractivity contribution in [1.82, 2.24) is 0 Å². The van der Waals surface area contributed by atoms with Crippen LogP contribution >= 0.6 is 11.8 Å². The quantitative estimate of drug-likeness (QED) is 0.640. The molecule has 0 unspecified atom stereocenters. The molecule has 0 aromatic heterocycles. The van der Waals surface area contributed by atoms with E-state index in [1.165, 1.54) is 11.8 Å². The van der Waals surface area contributed by atoms with Crippen molar-refractivity contribution in [3.05, 3.63) is 29.3 Å². The normalized spacial score (nSPS) is 9.55. The molecule has 0 saturated carbocycles. The number of esters is 1. The van der Waals surface area contributed by atoms with Gasteiger partial charge in [-0.15, -0.1) is 11.8 Å². The Bertz CT molecular complexity index is 506. The van der Waals surface area contributed by atoms with Gasteiger partial charge in [-0.2, -0.15) is 0 Å². The molecular weight excluding hydrogens is 274 g/mol. The third-order valence-corrected chi connectivity index (χ3v) is 3.36. The summed E-state index contributed by atoms with van der Waals surface area (Å²) < 4.78 is 10.1. The van der Waals surface area contributed by atoms with Crippen LogP contribution in [0.5, 0.6) is 5.75 Å². The molecule has 108 valence electrons. The minimum Gasteiger partial charge on any atom is -0.495 e. The zero-order chi connectivity index (χ0) is 14.8. The molecule has 2 N–H and O–H groups in total. The molecular formula is C15H19NO3S. The summed E-state index contributed by atoms with van der Waals surface area (Å²) in [7, 11) is 1.61. The van der Waals surface area contributed by atoms with Crippen molar-refractivity contribution in [2.45, 2.75) is 12.7 Å². The maximum Gasteiger partial charge on any atom is 0.315 e. The van der Waals surface area contributed by atoms with Crippen molar-refractivity contribution < 1.29 is 14.3 Å². The van der Waals surface area contributed by atoms with Crippen molar-refractivity contribution in [3.8, 4) is 17.6 Å². The number of ether oxygens (including phenoxy) is 2. The Hall–Kier alpha value is -1.64. The van der Waals surface area contributed by atoms with E-state index < -0.39 is 0 Å². The Morgan fingerprint density at radius 2 is 2.25 bits per heavy atom. The molecule has 1 aromatic rings. The maximum atomic E-state index is 11.2. The van der Waals surface area contributed by atoms with E-state index in [-0.39, 0.29) is 5.97 Å². The summed E-state index contributed by atoms with van der Waals surface area (Å²) in [6, 6.07) is 5.80. The highest BCUT2D eigenvalue weighted by Crippen LogP contribution is 2.21. The summed E-state index contributed by atoms with van der Waals surface area (Å²) in [4.78, 5) is 11.2. The molecule has 5 heteroatoms. The van der Waals surface area contributed by atoms with Crippen molar-refractivity contribution in [3.63, 3.8) is 0 Å². The van der Waals surface area contributed by atoms with Gasteiger partial charge in [-0.05, 0) is 24.6 Å². The predicted octanol–water partition coefficient (Wildman–Crippen LogP) is 1.80. The van der Waals surface area contributed by atoms with E-state index in [1.807, 2.05) is 18.2 Å². The second-order valence-corrected chi connectivity index (χ2v) is 4.82. The zero-order valence-corrected chi connectivity index (χ0v) is 12.6. The molecule has 0 bridgehead atoms. The summed E-state index contributed by atoms with van der Waals surface area (Å²) >= 11 is 1.51. The molecule has 0 aliphatic carbocycles. The molecule has 0 spiro atoms. The monoisotopic (exact) mass is 293 g/mol. The summed E-state index contributed by atoms with van der Waals surface area (Å²) in [6.45, 7) is 2.53. The van der Waals surface area contributed by atoms with E-state index in [2.05, 4.69) is 11.8 Å². The van der Waals surface area contributed by atoms with Gasteiger partial charge in [0.1, 0.15) is 5.75 Å². The standard InChI is InChI=1S/C15H19NO3S/c1-3-19-15(17)11-20-10-12-6-7-14(18-2)13(9-12)5-4-8-16/h6-7,9H,3,8,10-11,16H2,1-2H3. The fourth-order valence-electron chi connectivity index (χ4n) is 1.54. The van der Waals surface area contributed by atoms with E-state index >= 15 is 0 Å². The molecule has 0 fully saturated rings. The summed E-state index contributed by atoms with van der Waals surface area (Å²) in [6.07, 6.45) is 0. The number of carbonyl (C=O) groups is 1. The lowest BCUT2D eigenvalue weighted by Gasteiger charge is -2.07. The van der Waals surface area contributed by atoms with Gasteiger partial charge in [-0.25, -0.2) is 0 Å². The van der Waals surface area contributed by atoms with Crippen molar-refractivity contribution in [2.75, 3.05) is 26.0 Å². The van der Waals surface area contributed by atoms with Gasteiger partial charge in [-0.3, -0.25) is 4.79 Å². The molecule has 0 radical (unpaired) electrons. The van der Waals surface area contributed by atoms with Gasteiger partial charge >= 0.3 is 5.97 Å². The van der Waals surface area contributed by atoms with Gasteiger partial charge in [0.05, 0.1) is 31.6 Å². The average molecular weight is 293 g/mol. The third kappa shape index (κ3) is 5.55. The Morgan fingerprint density at radius 1 is 1.45 bits per heavy atom. The van der Waals surface area contributed by atoms with Gasteiger partial charge < -0.3 is 15.2 Å². The molecule has 0 saturated heterocycles. The van der Waals surface area contributed by atoms with Gasteiger partial charge in [-0.1, -0.05) is 17.9 Å². The highest BCUT2D eigenvalue weighted by Gasteiger charge is 2.05. The second kappa shape index (κ2) is 9.29. The first kappa shape index (κ1) is 16.4. The zero-order valence-electron chi connectivity index (χ0n) is 11.8. The summed E-state index contributed by atoms with van der Waals surface area (Å²) in [5.74, 6) is 7.41. The average Bonchev–Trinajstić information content (AvgIpc) is 2.45. The molecule has 0 heterocycles. The SMILES string of the molecule is CCOC(=O)CSCc1ccc(OC)c(C#CCN)c1. The van der Waals surface area contributed by atoms with Gasteiger partial charge in [0.25, 0.3) is 0 Å². The van der Waals surface area contributed by atoms with Gasteiger partial charge in [0.2, 0.25) is 0 Å². The van der Waals surface area contributed by atoms with Crippen LogP contribution in [-0.4, -0.2) is 32.0 Å². The molecule has 20 heavy (non-hydrogen) atoms. The van der Waals surface area contributed by atoms with Gasteiger partial charge in [0.15, 0.2) is 0 Å². The lowest BCUT2D eigenvalue weighted by Crippen LogP contribution is -2.06. The number of hydrogen-bond acceptors (Lipinski definition) is 5. The van der Waals surface area contributed by atoms with Crippen LogP contribution in [0.3, 0.4) is 0 Å².